The normalized spacial score (nSPS) is 14.5. The molecule has 90 valence electrons. The molecule has 0 bridgehead atoms. The largest absolute Gasteiger partial charge is 0.481 e. The van der Waals surface area contributed by atoms with Gasteiger partial charge < -0.3 is 5.11 Å². The highest BCUT2D eigenvalue weighted by Gasteiger charge is 2.32. The summed E-state index contributed by atoms with van der Waals surface area (Å²) in [6.07, 6.45) is 1.64. The van der Waals surface area contributed by atoms with Gasteiger partial charge in [0.05, 0.1) is 5.31 Å². The van der Waals surface area contributed by atoms with E-state index in [-0.39, 0.29) is 0 Å². The second-order valence-corrected chi connectivity index (χ2v) is 5.29. The molecule has 1 aromatic rings. The van der Waals surface area contributed by atoms with Gasteiger partial charge in [0, 0.05) is 0 Å². The Hall–Kier alpha value is -1.18. The standard InChI is InChI=1S/C13H20B2O2/c1-9(2)7-10-3-5-11(6-4-10)13(15,8-14)12(16)17/h3-6,9H,7-8,14-15H2,1-2H3,(H,16,17). The summed E-state index contributed by atoms with van der Waals surface area (Å²) < 4.78 is 0. The number of rotatable bonds is 5. The minimum atomic E-state index is -0.767. The SMILES string of the molecule is BCC(B)(C(=O)O)c1ccc(CC(C)C)cc1. The molecular formula is C13H20B2O2. The van der Waals surface area contributed by atoms with Gasteiger partial charge in [0.25, 0.3) is 0 Å². The maximum absolute atomic E-state index is 11.3. The lowest BCUT2D eigenvalue weighted by atomic mass is 9.58. The predicted molar refractivity (Wildman–Crippen MR) is 76.2 cm³/mol. The van der Waals surface area contributed by atoms with Gasteiger partial charge in [0.1, 0.15) is 15.7 Å². The van der Waals surface area contributed by atoms with E-state index in [9.17, 15) is 9.90 Å². The third kappa shape index (κ3) is 3.15. The van der Waals surface area contributed by atoms with Gasteiger partial charge in [-0.05, 0) is 23.5 Å². The molecule has 0 aliphatic rings. The Labute approximate surface area is 105 Å². The third-order valence-electron chi connectivity index (χ3n) is 3.41. The third-order valence-corrected chi connectivity index (χ3v) is 3.41. The number of hydrogen-bond donors (Lipinski definition) is 1. The first-order chi connectivity index (χ1) is 7.90. The molecule has 0 heterocycles. The molecule has 1 unspecified atom stereocenters. The smallest absolute Gasteiger partial charge is 0.305 e. The fourth-order valence-electron chi connectivity index (χ4n) is 1.96. The highest BCUT2D eigenvalue weighted by Crippen LogP contribution is 2.25. The molecule has 0 spiro atoms. The summed E-state index contributed by atoms with van der Waals surface area (Å²) in [4.78, 5) is 11.3. The molecule has 2 nitrogen and oxygen atoms in total. The average Bonchev–Trinajstić information content (AvgIpc) is 2.28. The van der Waals surface area contributed by atoms with Crippen molar-refractivity contribution in [3.63, 3.8) is 0 Å². The Balaban J connectivity index is 2.97. The lowest BCUT2D eigenvalue weighted by Gasteiger charge is -2.24. The van der Waals surface area contributed by atoms with Crippen molar-refractivity contribution in [3.8, 4) is 0 Å². The zero-order valence-electron chi connectivity index (χ0n) is 11.2. The molecule has 0 aromatic heterocycles. The zero-order valence-corrected chi connectivity index (χ0v) is 11.2. The second kappa shape index (κ2) is 5.44. The van der Waals surface area contributed by atoms with E-state index < -0.39 is 11.3 Å². The van der Waals surface area contributed by atoms with Crippen LogP contribution in [0.5, 0.6) is 0 Å². The maximum Gasteiger partial charge on any atom is 0.305 e. The first-order valence-electron chi connectivity index (χ1n) is 6.23. The zero-order chi connectivity index (χ0) is 13.1. The summed E-state index contributed by atoms with van der Waals surface area (Å²) in [7, 11) is 3.70. The number of benzene rings is 1. The van der Waals surface area contributed by atoms with Crippen LogP contribution in [0.1, 0.15) is 25.0 Å². The van der Waals surface area contributed by atoms with Gasteiger partial charge in [-0.2, -0.15) is 0 Å². The van der Waals surface area contributed by atoms with Crippen LogP contribution in [0.25, 0.3) is 0 Å². The molecule has 4 heteroatoms. The molecule has 0 fully saturated rings. The molecule has 1 rings (SSSR count). The topological polar surface area (TPSA) is 37.3 Å². The Morgan fingerprint density at radius 3 is 2.24 bits per heavy atom. The average molecular weight is 230 g/mol. The molecule has 0 aliphatic carbocycles. The van der Waals surface area contributed by atoms with E-state index in [1.807, 2.05) is 32.1 Å². The van der Waals surface area contributed by atoms with Gasteiger partial charge in [0.2, 0.25) is 0 Å². The van der Waals surface area contributed by atoms with Crippen LogP contribution < -0.4 is 0 Å². The number of hydrogen-bond acceptors (Lipinski definition) is 1. The molecule has 1 atom stereocenters. The van der Waals surface area contributed by atoms with Gasteiger partial charge >= 0.3 is 5.97 Å². The van der Waals surface area contributed by atoms with Gasteiger partial charge in [-0.15, -0.1) is 0 Å². The molecule has 1 N–H and O–H groups in total. The van der Waals surface area contributed by atoms with Crippen LogP contribution >= 0.6 is 0 Å². The molecule has 0 amide bonds. The first-order valence-corrected chi connectivity index (χ1v) is 6.23. The predicted octanol–water partition coefficient (Wildman–Crippen LogP) is 0.849. The van der Waals surface area contributed by atoms with Crippen molar-refractivity contribution in [3.05, 3.63) is 35.4 Å². The van der Waals surface area contributed by atoms with E-state index in [4.69, 9.17) is 0 Å². The quantitative estimate of drug-likeness (QED) is 0.761. The molecule has 1 aromatic carbocycles. The van der Waals surface area contributed by atoms with Crippen LogP contribution in [0, 0.1) is 5.92 Å². The van der Waals surface area contributed by atoms with Crippen LogP contribution in [0.15, 0.2) is 24.3 Å². The summed E-state index contributed by atoms with van der Waals surface area (Å²) in [5, 5.41) is 8.53. The molecule has 0 saturated heterocycles. The van der Waals surface area contributed by atoms with Crippen molar-refractivity contribution in [2.45, 2.75) is 31.9 Å². The van der Waals surface area contributed by atoms with Crippen molar-refractivity contribution < 1.29 is 9.90 Å². The molecule has 0 saturated carbocycles. The van der Waals surface area contributed by atoms with Crippen LogP contribution in [0.3, 0.4) is 0 Å². The molecular weight excluding hydrogens is 210 g/mol. The summed E-state index contributed by atoms with van der Waals surface area (Å²) in [5.74, 6) is -0.130. The minimum Gasteiger partial charge on any atom is -0.481 e. The molecule has 17 heavy (non-hydrogen) atoms. The van der Waals surface area contributed by atoms with Gasteiger partial charge in [-0.1, -0.05) is 44.4 Å². The van der Waals surface area contributed by atoms with Gasteiger partial charge in [-0.25, -0.2) is 0 Å². The Bertz CT molecular complexity index is 387. The molecule has 0 aliphatic heterocycles. The summed E-state index contributed by atoms with van der Waals surface area (Å²) in [5.41, 5.74) is 2.16. The summed E-state index contributed by atoms with van der Waals surface area (Å²) in [6.45, 7) is 4.36. The fourth-order valence-corrected chi connectivity index (χ4v) is 1.96. The van der Waals surface area contributed by atoms with Gasteiger partial charge in [-0.3, -0.25) is 4.79 Å². The van der Waals surface area contributed by atoms with Crippen molar-refractivity contribution in [2.24, 2.45) is 5.92 Å². The van der Waals surface area contributed by atoms with E-state index >= 15 is 0 Å². The van der Waals surface area contributed by atoms with Crippen molar-refractivity contribution >= 4 is 21.7 Å². The van der Waals surface area contributed by atoms with Crippen LogP contribution in [0.2, 0.25) is 6.32 Å². The van der Waals surface area contributed by atoms with E-state index in [1.54, 1.807) is 7.85 Å². The van der Waals surface area contributed by atoms with E-state index in [0.29, 0.717) is 12.2 Å². The van der Waals surface area contributed by atoms with Gasteiger partial charge in [0.15, 0.2) is 0 Å². The second-order valence-electron chi connectivity index (χ2n) is 5.29. The highest BCUT2D eigenvalue weighted by molar-refractivity contribution is 6.32. The highest BCUT2D eigenvalue weighted by atomic mass is 16.4. The monoisotopic (exact) mass is 230 g/mol. The van der Waals surface area contributed by atoms with Crippen molar-refractivity contribution in [1.29, 1.82) is 0 Å². The minimum absolute atomic E-state index is 0.603. The number of aliphatic carboxylic acids is 1. The van der Waals surface area contributed by atoms with E-state index in [0.717, 1.165) is 12.0 Å². The number of carboxylic acid groups (broad SMARTS) is 1. The Kier molecular flexibility index (Phi) is 4.44. The van der Waals surface area contributed by atoms with Crippen molar-refractivity contribution in [2.75, 3.05) is 0 Å². The molecule has 0 radical (unpaired) electrons. The fraction of sp³-hybridized carbons (Fsp3) is 0.462. The van der Waals surface area contributed by atoms with Crippen LogP contribution in [0.4, 0.5) is 0 Å². The van der Waals surface area contributed by atoms with E-state index in [2.05, 4.69) is 13.8 Å². The van der Waals surface area contributed by atoms with E-state index in [1.165, 1.54) is 5.56 Å². The summed E-state index contributed by atoms with van der Waals surface area (Å²) in [6, 6.07) is 8.00. The number of carbonyl (C=O) groups is 1. The van der Waals surface area contributed by atoms with Crippen molar-refractivity contribution in [1.82, 2.24) is 0 Å². The number of carboxylic acids is 1. The maximum atomic E-state index is 11.3. The lowest BCUT2D eigenvalue weighted by Crippen LogP contribution is -2.35. The Morgan fingerprint density at radius 1 is 1.35 bits per heavy atom. The van der Waals surface area contributed by atoms with Crippen LogP contribution in [-0.2, 0) is 16.5 Å². The Morgan fingerprint density at radius 2 is 1.88 bits per heavy atom. The summed E-state index contributed by atoms with van der Waals surface area (Å²) >= 11 is 0. The van der Waals surface area contributed by atoms with Crippen LogP contribution in [-0.4, -0.2) is 26.8 Å². The first kappa shape index (κ1) is 13.9. The lowest BCUT2D eigenvalue weighted by molar-refractivity contribution is -0.139.